The lowest BCUT2D eigenvalue weighted by molar-refractivity contribution is 0.169. The SMILES string of the molecule is CCC(c1nnnn1Cc1ccc(OC)cc1)N1CCN(c2ccccc2F)CC1. The summed E-state index contributed by atoms with van der Waals surface area (Å²) in [5, 5.41) is 12.5. The van der Waals surface area contributed by atoms with Crippen molar-refractivity contribution in [1.82, 2.24) is 25.1 Å². The number of ether oxygens (including phenoxy) is 1. The van der Waals surface area contributed by atoms with Gasteiger partial charge in [-0.05, 0) is 46.7 Å². The molecule has 1 atom stereocenters. The second kappa shape index (κ2) is 9.21. The van der Waals surface area contributed by atoms with Gasteiger partial charge in [0.05, 0.1) is 25.4 Å². The van der Waals surface area contributed by atoms with Crippen LogP contribution in [0.15, 0.2) is 48.5 Å². The minimum atomic E-state index is -0.165. The molecular formula is C22H27FN6O. The molecule has 1 fully saturated rings. The lowest BCUT2D eigenvalue weighted by Gasteiger charge is -2.39. The molecule has 2 aromatic carbocycles. The highest BCUT2D eigenvalue weighted by Gasteiger charge is 2.28. The van der Waals surface area contributed by atoms with E-state index in [9.17, 15) is 4.39 Å². The van der Waals surface area contributed by atoms with Crippen molar-refractivity contribution in [1.29, 1.82) is 0 Å². The molecule has 0 amide bonds. The van der Waals surface area contributed by atoms with Crippen molar-refractivity contribution < 1.29 is 9.13 Å². The second-order valence-electron chi connectivity index (χ2n) is 7.44. The summed E-state index contributed by atoms with van der Waals surface area (Å²) in [7, 11) is 1.66. The van der Waals surface area contributed by atoms with Crippen molar-refractivity contribution in [3.63, 3.8) is 0 Å². The molecule has 1 aliphatic heterocycles. The van der Waals surface area contributed by atoms with Crippen molar-refractivity contribution in [2.75, 3.05) is 38.2 Å². The summed E-state index contributed by atoms with van der Waals surface area (Å²) < 4.78 is 21.2. The van der Waals surface area contributed by atoms with Crippen LogP contribution in [0.25, 0.3) is 0 Å². The standard InChI is InChI=1S/C22H27FN6O/c1-3-20(27-12-14-28(15-13-27)21-7-5-4-6-19(21)23)22-24-25-26-29(22)16-17-8-10-18(30-2)11-9-17/h4-11,20H,3,12-16H2,1-2H3. The van der Waals surface area contributed by atoms with Crippen molar-refractivity contribution in [2.45, 2.75) is 25.9 Å². The maximum atomic E-state index is 14.1. The number of tetrazole rings is 1. The summed E-state index contributed by atoms with van der Waals surface area (Å²) in [6, 6.07) is 15.0. The molecule has 0 bridgehead atoms. The molecule has 0 radical (unpaired) electrons. The first-order valence-electron chi connectivity index (χ1n) is 10.3. The Hall–Kier alpha value is -3.00. The third-order valence-electron chi connectivity index (χ3n) is 5.68. The molecule has 0 saturated carbocycles. The van der Waals surface area contributed by atoms with Crippen molar-refractivity contribution in [3.8, 4) is 5.75 Å². The van der Waals surface area contributed by atoms with E-state index in [0.717, 1.165) is 49.7 Å². The lowest BCUT2D eigenvalue weighted by atomic mass is 10.1. The van der Waals surface area contributed by atoms with Crippen LogP contribution in [-0.2, 0) is 6.54 Å². The summed E-state index contributed by atoms with van der Waals surface area (Å²) in [5.41, 5.74) is 1.79. The molecule has 1 unspecified atom stereocenters. The van der Waals surface area contributed by atoms with Gasteiger partial charge in [0, 0.05) is 26.2 Å². The fourth-order valence-corrected chi connectivity index (χ4v) is 4.05. The number of aromatic nitrogens is 4. The Morgan fingerprint density at radius 3 is 2.43 bits per heavy atom. The van der Waals surface area contributed by atoms with Crippen LogP contribution in [0.5, 0.6) is 5.75 Å². The van der Waals surface area contributed by atoms with Crippen LogP contribution in [0, 0.1) is 5.82 Å². The van der Waals surface area contributed by atoms with Gasteiger partial charge in [0.1, 0.15) is 11.6 Å². The molecule has 0 aliphatic carbocycles. The van der Waals surface area contributed by atoms with Gasteiger partial charge in [0.15, 0.2) is 5.82 Å². The number of anilines is 1. The Balaban J connectivity index is 1.45. The molecule has 0 spiro atoms. The van der Waals surface area contributed by atoms with Gasteiger partial charge in [-0.15, -0.1) is 5.10 Å². The number of rotatable bonds is 7. The molecular weight excluding hydrogens is 383 g/mol. The normalized spacial score (nSPS) is 15.9. The van der Waals surface area contributed by atoms with Crippen LogP contribution in [0.2, 0.25) is 0 Å². The Bertz CT molecular complexity index is 952. The molecule has 4 rings (SSSR count). The van der Waals surface area contributed by atoms with Gasteiger partial charge in [0.25, 0.3) is 0 Å². The first-order chi connectivity index (χ1) is 14.7. The zero-order chi connectivity index (χ0) is 20.9. The zero-order valence-corrected chi connectivity index (χ0v) is 17.4. The smallest absolute Gasteiger partial charge is 0.168 e. The van der Waals surface area contributed by atoms with Crippen molar-refractivity contribution >= 4 is 5.69 Å². The van der Waals surface area contributed by atoms with Crippen LogP contribution in [-0.4, -0.2) is 58.4 Å². The predicted octanol–water partition coefficient (Wildman–Crippen LogP) is 3.14. The molecule has 8 heteroatoms. The molecule has 1 aliphatic rings. The first-order valence-corrected chi connectivity index (χ1v) is 10.3. The van der Waals surface area contributed by atoms with Gasteiger partial charge in [-0.2, -0.15) is 0 Å². The van der Waals surface area contributed by atoms with E-state index < -0.39 is 0 Å². The van der Waals surface area contributed by atoms with E-state index in [0.29, 0.717) is 12.2 Å². The summed E-state index contributed by atoms with van der Waals surface area (Å²) in [4.78, 5) is 4.51. The highest BCUT2D eigenvalue weighted by molar-refractivity contribution is 5.48. The molecule has 1 saturated heterocycles. The lowest BCUT2D eigenvalue weighted by Crippen LogP contribution is -2.48. The van der Waals surface area contributed by atoms with Gasteiger partial charge in [-0.25, -0.2) is 9.07 Å². The zero-order valence-electron chi connectivity index (χ0n) is 17.4. The number of hydrogen-bond acceptors (Lipinski definition) is 6. The number of hydrogen-bond donors (Lipinski definition) is 0. The van der Waals surface area contributed by atoms with Crippen LogP contribution >= 0.6 is 0 Å². The second-order valence-corrected chi connectivity index (χ2v) is 7.44. The van der Waals surface area contributed by atoms with E-state index in [1.165, 1.54) is 6.07 Å². The molecule has 1 aromatic heterocycles. The van der Waals surface area contributed by atoms with Crippen LogP contribution in [0.1, 0.15) is 30.8 Å². The molecule has 7 nitrogen and oxygen atoms in total. The Kier molecular flexibility index (Phi) is 6.23. The first kappa shape index (κ1) is 20.3. The minimum absolute atomic E-state index is 0.126. The Morgan fingerprint density at radius 1 is 1.03 bits per heavy atom. The highest BCUT2D eigenvalue weighted by Crippen LogP contribution is 2.26. The molecule has 3 aromatic rings. The topological polar surface area (TPSA) is 59.3 Å². The van der Waals surface area contributed by atoms with E-state index in [2.05, 4.69) is 32.2 Å². The van der Waals surface area contributed by atoms with Crippen LogP contribution < -0.4 is 9.64 Å². The van der Waals surface area contributed by atoms with E-state index in [-0.39, 0.29) is 11.9 Å². The predicted molar refractivity (Wildman–Crippen MR) is 113 cm³/mol. The number of benzene rings is 2. The number of methoxy groups -OCH3 is 1. The average Bonchev–Trinajstić information content (AvgIpc) is 3.23. The summed E-state index contributed by atoms with van der Waals surface area (Å²) in [6.45, 7) is 5.98. The van der Waals surface area contributed by atoms with E-state index in [1.807, 2.05) is 41.1 Å². The number of piperazine rings is 1. The van der Waals surface area contributed by atoms with Gasteiger partial charge in [0.2, 0.25) is 0 Å². The monoisotopic (exact) mass is 410 g/mol. The number of nitrogens with zero attached hydrogens (tertiary/aromatic N) is 6. The molecule has 158 valence electrons. The molecule has 2 heterocycles. The Morgan fingerprint density at radius 2 is 1.77 bits per heavy atom. The summed E-state index contributed by atoms with van der Waals surface area (Å²) in [6.07, 6.45) is 0.905. The maximum absolute atomic E-state index is 14.1. The van der Waals surface area contributed by atoms with Crippen molar-refractivity contribution in [3.05, 3.63) is 65.7 Å². The quantitative estimate of drug-likeness (QED) is 0.596. The summed E-state index contributed by atoms with van der Waals surface area (Å²) >= 11 is 0. The van der Waals surface area contributed by atoms with Crippen LogP contribution in [0.3, 0.4) is 0 Å². The fraction of sp³-hybridized carbons (Fsp3) is 0.409. The van der Waals surface area contributed by atoms with Crippen molar-refractivity contribution in [2.24, 2.45) is 0 Å². The number of para-hydroxylation sites is 1. The third-order valence-corrected chi connectivity index (χ3v) is 5.68. The fourth-order valence-electron chi connectivity index (χ4n) is 4.05. The van der Waals surface area contributed by atoms with Gasteiger partial charge < -0.3 is 9.64 Å². The van der Waals surface area contributed by atoms with E-state index >= 15 is 0 Å². The molecule has 0 N–H and O–H groups in total. The van der Waals surface area contributed by atoms with Gasteiger partial charge in [-0.1, -0.05) is 31.2 Å². The van der Waals surface area contributed by atoms with Gasteiger partial charge >= 0.3 is 0 Å². The Labute approximate surface area is 176 Å². The largest absolute Gasteiger partial charge is 0.497 e. The minimum Gasteiger partial charge on any atom is -0.497 e. The van der Waals surface area contributed by atoms with E-state index in [4.69, 9.17) is 4.74 Å². The summed E-state index contributed by atoms with van der Waals surface area (Å²) in [5.74, 6) is 1.53. The highest BCUT2D eigenvalue weighted by atomic mass is 19.1. The third kappa shape index (κ3) is 4.28. The average molecular weight is 410 g/mol. The number of halogens is 1. The van der Waals surface area contributed by atoms with Gasteiger partial charge in [-0.3, -0.25) is 4.90 Å². The maximum Gasteiger partial charge on any atom is 0.168 e. The van der Waals surface area contributed by atoms with E-state index in [1.54, 1.807) is 13.2 Å². The molecule has 30 heavy (non-hydrogen) atoms. The van der Waals surface area contributed by atoms with Crippen LogP contribution in [0.4, 0.5) is 10.1 Å².